The van der Waals surface area contributed by atoms with Crippen molar-refractivity contribution in [2.75, 3.05) is 6.54 Å². The monoisotopic (exact) mass is 209 g/mol. The van der Waals surface area contributed by atoms with Gasteiger partial charge in [0.05, 0.1) is 6.04 Å². The molecule has 1 saturated heterocycles. The molecule has 2 atom stereocenters. The first-order valence-corrected chi connectivity index (χ1v) is 4.64. The van der Waals surface area contributed by atoms with Crippen LogP contribution in [0, 0.1) is 0 Å². The minimum atomic E-state index is -1.08. The van der Waals surface area contributed by atoms with Gasteiger partial charge in [-0.2, -0.15) is 0 Å². The number of nitrogens with zero attached hydrogens (tertiary/aromatic N) is 1. The number of hydrogen-bond donors (Lipinski definition) is 2. The SMILES string of the molecule is [B][C@@H](O)/C=C/[C@H]1CCC(=O)N1CC(=O)O. The standard InChI is InChI=1S/C9H12BNO4/c10-7(12)3-1-6-2-4-8(13)11(6)5-9(14)15/h1,3,6-7,12H,2,4-5H2,(H,14,15)/b3-1+/t6-,7-/m0/s1. The Morgan fingerprint density at radius 1 is 1.73 bits per heavy atom. The van der Waals surface area contributed by atoms with E-state index in [1.807, 2.05) is 0 Å². The van der Waals surface area contributed by atoms with Crippen LogP contribution in [-0.4, -0.2) is 53.4 Å². The molecule has 0 aromatic rings. The van der Waals surface area contributed by atoms with E-state index >= 15 is 0 Å². The number of carboxylic acid groups (broad SMARTS) is 1. The molecule has 0 saturated carbocycles. The van der Waals surface area contributed by atoms with E-state index in [0.29, 0.717) is 12.8 Å². The summed E-state index contributed by atoms with van der Waals surface area (Å²) in [7, 11) is 5.10. The summed E-state index contributed by atoms with van der Waals surface area (Å²) in [6, 6.07) is -1.35. The highest BCUT2D eigenvalue weighted by Gasteiger charge is 2.30. The van der Waals surface area contributed by atoms with Crippen LogP contribution in [0.2, 0.25) is 0 Å². The predicted molar refractivity (Wildman–Crippen MR) is 53.3 cm³/mol. The number of rotatable bonds is 4. The van der Waals surface area contributed by atoms with Gasteiger partial charge in [0.1, 0.15) is 14.4 Å². The van der Waals surface area contributed by atoms with Crippen molar-refractivity contribution in [2.45, 2.75) is 24.9 Å². The first-order chi connectivity index (χ1) is 7.00. The smallest absolute Gasteiger partial charge is 0.323 e. The van der Waals surface area contributed by atoms with Gasteiger partial charge in [-0.1, -0.05) is 12.2 Å². The lowest BCUT2D eigenvalue weighted by atomic mass is 9.99. The number of hydrogen-bond acceptors (Lipinski definition) is 3. The number of likely N-dealkylation sites (tertiary alicyclic amines) is 1. The number of aliphatic carboxylic acids is 1. The van der Waals surface area contributed by atoms with Crippen molar-refractivity contribution in [2.24, 2.45) is 0 Å². The molecule has 80 valence electrons. The molecule has 1 aliphatic rings. The lowest BCUT2D eigenvalue weighted by molar-refractivity contribution is -0.143. The van der Waals surface area contributed by atoms with Gasteiger partial charge in [-0.05, 0) is 6.42 Å². The number of carbonyl (C=O) groups excluding carboxylic acids is 1. The fourth-order valence-corrected chi connectivity index (χ4v) is 1.55. The Bertz CT molecular complexity index is 290. The number of amides is 1. The van der Waals surface area contributed by atoms with Crippen molar-refractivity contribution in [1.82, 2.24) is 4.90 Å². The minimum absolute atomic E-state index is 0.182. The third-order valence-electron chi connectivity index (χ3n) is 2.21. The molecule has 0 bridgehead atoms. The van der Waals surface area contributed by atoms with Gasteiger partial charge in [0.25, 0.3) is 0 Å². The fraction of sp³-hybridized carbons (Fsp3) is 0.556. The molecule has 0 aromatic carbocycles. The van der Waals surface area contributed by atoms with E-state index in [-0.39, 0.29) is 18.5 Å². The molecule has 2 radical (unpaired) electrons. The first kappa shape index (κ1) is 11.8. The van der Waals surface area contributed by atoms with Crippen molar-refractivity contribution in [3.8, 4) is 0 Å². The number of carbonyl (C=O) groups is 2. The molecule has 5 nitrogen and oxygen atoms in total. The number of aliphatic hydroxyl groups is 1. The normalized spacial score (nSPS) is 23.7. The predicted octanol–water partition coefficient (Wildman–Crippen LogP) is -0.895. The molecule has 2 N–H and O–H groups in total. The Morgan fingerprint density at radius 3 is 2.93 bits per heavy atom. The fourth-order valence-electron chi connectivity index (χ4n) is 1.55. The highest BCUT2D eigenvalue weighted by Crippen LogP contribution is 2.19. The molecule has 0 unspecified atom stereocenters. The second-order valence-corrected chi connectivity index (χ2v) is 3.40. The van der Waals surface area contributed by atoms with Gasteiger partial charge >= 0.3 is 5.97 Å². The zero-order valence-electron chi connectivity index (χ0n) is 8.17. The van der Waals surface area contributed by atoms with Crippen LogP contribution in [0.3, 0.4) is 0 Å². The van der Waals surface area contributed by atoms with Gasteiger partial charge < -0.3 is 15.1 Å². The summed E-state index contributed by atoms with van der Waals surface area (Å²) in [5.41, 5.74) is 0. The van der Waals surface area contributed by atoms with Crippen LogP contribution >= 0.6 is 0 Å². The van der Waals surface area contributed by atoms with Crippen molar-refractivity contribution < 1.29 is 19.8 Å². The average Bonchev–Trinajstić information content (AvgIpc) is 2.44. The average molecular weight is 209 g/mol. The highest BCUT2D eigenvalue weighted by atomic mass is 16.4. The maximum atomic E-state index is 11.3. The van der Waals surface area contributed by atoms with E-state index in [1.54, 1.807) is 6.08 Å². The number of aliphatic hydroxyl groups excluding tert-OH is 1. The third kappa shape index (κ3) is 3.40. The van der Waals surface area contributed by atoms with Crippen molar-refractivity contribution in [3.05, 3.63) is 12.2 Å². The Hall–Kier alpha value is -1.30. The molecule has 1 rings (SSSR count). The summed E-state index contributed by atoms with van der Waals surface area (Å²) in [6.45, 7) is -0.311. The van der Waals surface area contributed by atoms with E-state index in [1.165, 1.54) is 11.0 Å². The van der Waals surface area contributed by atoms with E-state index in [0.717, 1.165) is 0 Å². The van der Waals surface area contributed by atoms with E-state index in [4.69, 9.17) is 18.1 Å². The van der Waals surface area contributed by atoms with Crippen LogP contribution in [-0.2, 0) is 9.59 Å². The summed E-state index contributed by atoms with van der Waals surface area (Å²) in [6.07, 6.45) is 3.81. The van der Waals surface area contributed by atoms with Gasteiger partial charge in [0, 0.05) is 12.4 Å². The summed E-state index contributed by atoms with van der Waals surface area (Å²) >= 11 is 0. The molecule has 6 heteroatoms. The minimum Gasteiger partial charge on any atom is -0.480 e. The van der Waals surface area contributed by atoms with Gasteiger partial charge in [-0.25, -0.2) is 0 Å². The third-order valence-corrected chi connectivity index (χ3v) is 2.21. The first-order valence-electron chi connectivity index (χ1n) is 4.64. The molecule has 0 aromatic heterocycles. The Labute approximate surface area is 88.8 Å². The topological polar surface area (TPSA) is 77.8 Å². The molecular weight excluding hydrogens is 197 g/mol. The van der Waals surface area contributed by atoms with Gasteiger partial charge in [-0.3, -0.25) is 9.59 Å². The quantitative estimate of drug-likeness (QED) is 0.464. The molecule has 1 heterocycles. The summed E-state index contributed by atoms with van der Waals surface area (Å²) in [5.74, 6) is -1.23. The van der Waals surface area contributed by atoms with E-state index < -0.39 is 12.0 Å². The molecule has 0 aliphatic carbocycles. The van der Waals surface area contributed by atoms with Crippen LogP contribution in [0.1, 0.15) is 12.8 Å². The van der Waals surface area contributed by atoms with Gasteiger partial charge in [0.15, 0.2) is 0 Å². The second kappa shape index (κ2) is 4.98. The van der Waals surface area contributed by atoms with E-state index in [2.05, 4.69) is 0 Å². The van der Waals surface area contributed by atoms with Gasteiger partial charge in [0.2, 0.25) is 5.91 Å². The van der Waals surface area contributed by atoms with Crippen LogP contribution < -0.4 is 0 Å². The summed E-state index contributed by atoms with van der Waals surface area (Å²) in [4.78, 5) is 23.1. The zero-order valence-corrected chi connectivity index (χ0v) is 8.17. The van der Waals surface area contributed by atoms with Crippen LogP contribution in [0.5, 0.6) is 0 Å². The maximum Gasteiger partial charge on any atom is 0.323 e. The molecule has 1 aliphatic heterocycles. The largest absolute Gasteiger partial charge is 0.480 e. The van der Waals surface area contributed by atoms with Crippen LogP contribution in [0.4, 0.5) is 0 Å². The zero-order chi connectivity index (χ0) is 11.4. The maximum absolute atomic E-state index is 11.3. The molecule has 0 spiro atoms. The summed E-state index contributed by atoms with van der Waals surface area (Å²) < 4.78 is 0. The lowest BCUT2D eigenvalue weighted by Gasteiger charge is -2.20. The Morgan fingerprint density at radius 2 is 2.40 bits per heavy atom. The highest BCUT2D eigenvalue weighted by molar-refractivity contribution is 6.12. The Kier molecular flexibility index (Phi) is 3.91. The van der Waals surface area contributed by atoms with Crippen LogP contribution in [0.15, 0.2) is 12.2 Å². The van der Waals surface area contributed by atoms with Gasteiger partial charge in [-0.15, -0.1) is 0 Å². The van der Waals surface area contributed by atoms with Crippen molar-refractivity contribution >= 4 is 19.7 Å². The molecule has 1 amide bonds. The van der Waals surface area contributed by atoms with E-state index in [9.17, 15) is 9.59 Å². The molecular formula is C9H12BNO4. The lowest BCUT2D eigenvalue weighted by Crippen LogP contribution is -2.36. The Balaban J connectivity index is 2.63. The van der Waals surface area contributed by atoms with Crippen LogP contribution in [0.25, 0.3) is 0 Å². The van der Waals surface area contributed by atoms with Crippen molar-refractivity contribution in [3.63, 3.8) is 0 Å². The second-order valence-electron chi connectivity index (χ2n) is 3.40. The van der Waals surface area contributed by atoms with Crippen molar-refractivity contribution in [1.29, 1.82) is 0 Å². The molecule has 15 heavy (non-hydrogen) atoms. The number of carboxylic acids is 1. The summed E-state index contributed by atoms with van der Waals surface area (Å²) in [5, 5.41) is 17.4. The molecule has 1 fully saturated rings.